The van der Waals surface area contributed by atoms with E-state index in [0.717, 1.165) is 29.1 Å². The van der Waals surface area contributed by atoms with Crippen molar-refractivity contribution >= 4 is 0 Å². The molecule has 2 aromatic heterocycles. The van der Waals surface area contributed by atoms with Crippen molar-refractivity contribution in [1.82, 2.24) is 20.2 Å². The van der Waals surface area contributed by atoms with Gasteiger partial charge < -0.3 is 9.72 Å². The number of methoxy groups -OCH3 is 1. The number of aryl methyl sites for hydroxylation is 1. The fraction of sp³-hybridized carbons (Fsp3) is 0.235. The fourth-order valence-electron chi connectivity index (χ4n) is 2.75. The van der Waals surface area contributed by atoms with Crippen LogP contribution in [-0.4, -0.2) is 27.3 Å². The van der Waals surface area contributed by atoms with E-state index in [1.807, 2.05) is 30.5 Å². The first kappa shape index (κ1) is 14.3. The number of hydrogen-bond acceptors (Lipinski definition) is 4. The summed E-state index contributed by atoms with van der Waals surface area (Å²) >= 11 is 0. The van der Waals surface area contributed by atoms with Gasteiger partial charge in [-0.3, -0.25) is 0 Å². The molecule has 5 nitrogen and oxygen atoms in total. The van der Waals surface area contributed by atoms with Crippen LogP contribution < -0.4 is 4.74 Å². The summed E-state index contributed by atoms with van der Waals surface area (Å²) in [5.41, 5.74) is 4.31. The smallest absolute Gasteiger partial charge is 0.123 e. The standard InChI is InChI=1S/C17H18N4O/c1-12-5-3-7-16(22-2)17(12)14(15-10-18-11-19-15)9-13-6-4-8-20-21-13/h3-8,10-11,14H,9H2,1-2H3,(H,18,19). The Labute approximate surface area is 129 Å². The molecule has 0 aliphatic rings. The zero-order chi connectivity index (χ0) is 15.4. The van der Waals surface area contributed by atoms with Crippen LogP contribution in [-0.2, 0) is 6.42 Å². The third-order valence-electron chi connectivity index (χ3n) is 3.79. The lowest BCUT2D eigenvalue weighted by Crippen LogP contribution is -2.10. The van der Waals surface area contributed by atoms with Gasteiger partial charge in [-0.2, -0.15) is 10.2 Å². The van der Waals surface area contributed by atoms with E-state index in [0.29, 0.717) is 0 Å². The summed E-state index contributed by atoms with van der Waals surface area (Å²) in [5, 5.41) is 8.18. The lowest BCUT2D eigenvalue weighted by molar-refractivity contribution is 0.406. The third-order valence-corrected chi connectivity index (χ3v) is 3.79. The number of hydrogen-bond donors (Lipinski definition) is 1. The van der Waals surface area contributed by atoms with Gasteiger partial charge in [0.2, 0.25) is 0 Å². The van der Waals surface area contributed by atoms with Gasteiger partial charge in [0.25, 0.3) is 0 Å². The van der Waals surface area contributed by atoms with Gasteiger partial charge in [0.05, 0.1) is 19.1 Å². The Hall–Kier alpha value is -2.69. The van der Waals surface area contributed by atoms with Crippen LogP contribution in [0.5, 0.6) is 5.75 Å². The minimum atomic E-state index is 0.0929. The fourth-order valence-corrected chi connectivity index (χ4v) is 2.75. The minimum absolute atomic E-state index is 0.0929. The van der Waals surface area contributed by atoms with E-state index in [9.17, 15) is 0 Å². The Balaban J connectivity index is 2.07. The van der Waals surface area contributed by atoms with Crippen LogP contribution in [0.25, 0.3) is 0 Å². The zero-order valence-electron chi connectivity index (χ0n) is 12.7. The van der Waals surface area contributed by atoms with Gasteiger partial charge in [0, 0.05) is 36.0 Å². The molecule has 1 N–H and O–H groups in total. The summed E-state index contributed by atoms with van der Waals surface area (Å²) in [6.45, 7) is 2.10. The zero-order valence-corrected chi connectivity index (χ0v) is 12.7. The van der Waals surface area contributed by atoms with Gasteiger partial charge in [0.15, 0.2) is 0 Å². The van der Waals surface area contributed by atoms with Crippen molar-refractivity contribution in [2.24, 2.45) is 0 Å². The molecule has 1 unspecified atom stereocenters. The lowest BCUT2D eigenvalue weighted by atomic mass is 9.87. The number of imidazole rings is 1. The van der Waals surface area contributed by atoms with Crippen LogP contribution >= 0.6 is 0 Å². The van der Waals surface area contributed by atoms with Crippen LogP contribution in [0.2, 0.25) is 0 Å². The molecule has 2 heterocycles. The van der Waals surface area contributed by atoms with Gasteiger partial charge in [-0.25, -0.2) is 4.98 Å². The largest absolute Gasteiger partial charge is 0.496 e. The molecule has 112 valence electrons. The van der Waals surface area contributed by atoms with Crippen molar-refractivity contribution in [3.63, 3.8) is 0 Å². The van der Waals surface area contributed by atoms with E-state index >= 15 is 0 Å². The molecule has 0 saturated carbocycles. The number of ether oxygens (including phenoxy) is 1. The summed E-state index contributed by atoms with van der Waals surface area (Å²) in [6, 6.07) is 9.98. The first-order valence-electron chi connectivity index (χ1n) is 7.18. The van der Waals surface area contributed by atoms with Crippen molar-refractivity contribution in [3.8, 4) is 5.75 Å². The van der Waals surface area contributed by atoms with Gasteiger partial charge in [-0.05, 0) is 30.7 Å². The van der Waals surface area contributed by atoms with Crippen molar-refractivity contribution in [2.45, 2.75) is 19.3 Å². The lowest BCUT2D eigenvalue weighted by Gasteiger charge is -2.20. The second kappa shape index (κ2) is 6.39. The van der Waals surface area contributed by atoms with Crippen LogP contribution in [0, 0.1) is 6.92 Å². The Morgan fingerprint density at radius 3 is 2.82 bits per heavy atom. The van der Waals surface area contributed by atoms with Gasteiger partial charge in [-0.1, -0.05) is 12.1 Å². The van der Waals surface area contributed by atoms with Crippen molar-refractivity contribution < 1.29 is 4.74 Å². The van der Waals surface area contributed by atoms with Crippen LogP contribution in [0.3, 0.4) is 0 Å². The SMILES string of the molecule is COc1cccc(C)c1C(Cc1cccnn1)c1cnc[nH]1. The van der Waals surface area contributed by atoms with Crippen LogP contribution in [0.4, 0.5) is 0 Å². The maximum atomic E-state index is 5.57. The van der Waals surface area contributed by atoms with Gasteiger partial charge in [-0.15, -0.1) is 0 Å². The molecule has 1 aromatic carbocycles. The van der Waals surface area contributed by atoms with Crippen molar-refractivity contribution in [2.75, 3.05) is 7.11 Å². The maximum Gasteiger partial charge on any atom is 0.123 e. The highest BCUT2D eigenvalue weighted by molar-refractivity contribution is 5.46. The van der Waals surface area contributed by atoms with E-state index in [4.69, 9.17) is 4.74 Å². The molecule has 3 rings (SSSR count). The molecule has 5 heteroatoms. The van der Waals surface area contributed by atoms with Crippen LogP contribution in [0.15, 0.2) is 49.1 Å². The third kappa shape index (κ3) is 2.83. The Morgan fingerprint density at radius 2 is 2.14 bits per heavy atom. The molecule has 0 amide bonds. The Bertz CT molecular complexity index is 726. The molecule has 0 fully saturated rings. The summed E-state index contributed by atoms with van der Waals surface area (Å²) in [5.74, 6) is 0.971. The van der Waals surface area contributed by atoms with Crippen molar-refractivity contribution in [3.05, 3.63) is 71.6 Å². The molecular formula is C17H18N4O. The molecule has 0 saturated heterocycles. The average Bonchev–Trinajstić information content (AvgIpc) is 3.08. The summed E-state index contributed by atoms with van der Waals surface area (Å²) in [7, 11) is 1.70. The number of nitrogens with zero attached hydrogens (tertiary/aromatic N) is 3. The predicted octanol–water partition coefficient (Wildman–Crippen LogP) is 2.89. The van der Waals surface area contributed by atoms with E-state index in [1.165, 1.54) is 5.56 Å². The second-order valence-electron chi connectivity index (χ2n) is 5.17. The molecule has 0 aliphatic heterocycles. The average molecular weight is 294 g/mol. The summed E-state index contributed by atoms with van der Waals surface area (Å²) in [6.07, 6.45) is 5.97. The number of H-pyrrole nitrogens is 1. The Morgan fingerprint density at radius 1 is 1.23 bits per heavy atom. The number of benzene rings is 1. The Kier molecular flexibility index (Phi) is 4.14. The molecular weight excluding hydrogens is 276 g/mol. The molecule has 1 atom stereocenters. The topological polar surface area (TPSA) is 63.7 Å². The number of nitrogens with one attached hydrogen (secondary N) is 1. The molecule has 0 bridgehead atoms. The maximum absolute atomic E-state index is 5.57. The predicted molar refractivity (Wildman–Crippen MR) is 83.9 cm³/mol. The molecule has 0 spiro atoms. The monoisotopic (exact) mass is 294 g/mol. The number of aromatic nitrogens is 4. The first-order chi connectivity index (χ1) is 10.8. The molecule has 0 radical (unpaired) electrons. The highest BCUT2D eigenvalue weighted by Crippen LogP contribution is 2.35. The number of rotatable bonds is 5. The van der Waals surface area contributed by atoms with E-state index < -0.39 is 0 Å². The van der Waals surface area contributed by atoms with E-state index in [1.54, 1.807) is 19.6 Å². The minimum Gasteiger partial charge on any atom is -0.496 e. The molecule has 0 aliphatic carbocycles. The van der Waals surface area contributed by atoms with Crippen LogP contribution in [0.1, 0.15) is 28.4 Å². The summed E-state index contributed by atoms with van der Waals surface area (Å²) in [4.78, 5) is 7.38. The summed E-state index contributed by atoms with van der Waals surface area (Å²) < 4.78 is 5.57. The highest BCUT2D eigenvalue weighted by Gasteiger charge is 2.22. The van der Waals surface area contributed by atoms with Gasteiger partial charge in [0.1, 0.15) is 5.75 Å². The highest BCUT2D eigenvalue weighted by atomic mass is 16.5. The normalized spacial score (nSPS) is 12.1. The van der Waals surface area contributed by atoms with E-state index in [-0.39, 0.29) is 5.92 Å². The quantitative estimate of drug-likeness (QED) is 0.786. The molecule has 22 heavy (non-hydrogen) atoms. The van der Waals surface area contributed by atoms with Crippen molar-refractivity contribution in [1.29, 1.82) is 0 Å². The number of aromatic amines is 1. The van der Waals surface area contributed by atoms with Gasteiger partial charge >= 0.3 is 0 Å². The molecule has 3 aromatic rings. The first-order valence-corrected chi connectivity index (χ1v) is 7.18. The van der Waals surface area contributed by atoms with E-state index in [2.05, 4.69) is 33.2 Å². The second-order valence-corrected chi connectivity index (χ2v) is 5.17.